The molecule has 0 radical (unpaired) electrons. The van der Waals surface area contributed by atoms with Gasteiger partial charge in [0.25, 0.3) is 0 Å². The Kier molecular flexibility index (Phi) is 32.1. The van der Waals surface area contributed by atoms with E-state index in [-0.39, 0.29) is 25.6 Å². The van der Waals surface area contributed by atoms with Crippen molar-refractivity contribution in [2.24, 2.45) is 0 Å². The van der Waals surface area contributed by atoms with Crippen LogP contribution in [0.15, 0.2) is 48.6 Å². The number of unbranched alkanes of at least 4 members (excludes halogenated alkanes) is 13. The molecule has 48 heavy (non-hydrogen) atoms. The lowest BCUT2D eigenvalue weighted by Gasteiger charge is -2.18. The monoisotopic (exact) mass is 698 g/mol. The molecule has 0 aliphatic rings. The van der Waals surface area contributed by atoms with Crippen LogP contribution in [0.25, 0.3) is 0 Å². The second kappa shape index (κ2) is 33.5. The summed E-state index contributed by atoms with van der Waals surface area (Å²) in [5.74, 6) is -0.975. The fourth-order valence-corrected chi connectivity index (χ4v) is 5.21. The highest BCUT2D eigenvalue weighted by molar-refractivity contribution is 7.46. The molecule has 0 aromatic heterocycles. The number of aliphatic hydroxyl groups excluding tert-OH is 1. The number of allylic oxidation sites excluding steroid dienone is 7. The van der Waals surface area contributed by atoms with Crippen LogP contribution in [0.2, 0.25) is 0 Å². The number of carbonyl (C=O) groups is 2. The van der Waals surface area contributed by atoms with Crippen molar-refractivity contribution in [3.63, 3.8) is 0 Å². The van der Waals surface area contributed by atoms with Crippen LogP contribution in [0.3, 0.4) is 0 Å². The number of ether oxygens (including phenoxy) is 2. The van der Waals surface area contributed by atoms with Crippen LogP contribution >= 0.6 is 7.82 Å². The average Bonchev–Trinajstić information content (AvgIpc) is 3.05. The first-order valence-corrected chi connectivity index (χ1v) is 20.1. The molecule has 0 unspecified atom stereocenters. The Morgan fingerprint density at radius 1 is 0.625 bits per heavy atom. The van der Waals surface area contributed by atoms with Gasteiger partial charge < -0.3 is 24.4 Å². The molecule has 10 heteroatoms. The van der Waals surface area contributed by atoms with Crippen molar-refractivity contribution in [2.45, 2.75) is 167 Å². The molecule has 0 rings (SSSR count). The summed E-state index contributed by atoms with van der Waals surface area (Å²) in [6.07, 6.45) is 36.0. The Morgan fingerprint density at radius 2 is 1.12 bits per heavy atom. The van der Waals surface area contributed by atoms with Crippen molar-refractivity contribution in [1.82, 2.24) is 0 Å². The van der Waals surface area contributed by atoms with Gasteiger partial charge in [-0.15, -0.1) is 0 Å². The number of phosphoric ester groups is 1. The number of hydrogen-bond donors (Lipinski definition) is 3. The lowest BCUT2D eigenvalue weighted by Crippen LogP contribution is -2.29. The van der Waals surface area contributed by atoms with Crippen molar-refractivity contribution in [3.05, 3.63) is 48.6 Å². The van der Waals surface area contributed by atoms with Crippen LogP contribution in [0, 0.1) is 0 Å². The zero-order chi connectivity index (χ0) is 35.6. The second-order valence-corrected chi connectivity index (χ2v) is 13.6. The second-order valence-electron chi connectivity index (χ2n) is 12.4. The van der Waals surface area contributed by atoms with Crippen LogP contribution in [-0.4, -0.2) is 52.3 Å². The molecule has 0 aliphatic carbocycles. The van der Waals surface area contributed by atoms with Gasteiger partial charge in [0.2, 0.25) is 0 Å². The van der Waals surface area contributed by atoms with Crippen LogP contribution in [0.5, 0.6) is 0 Å². The fourth-order valence-electron chi connectivity index (χ4n) is 4.85. The van der Waals surface area contributed by atoms with E-state index in [0.29, 0.717) is 19.3 Å². The number of rotatable bonds is 33. The SMILES string of the molecule is CCCCCCCCCCCCCCC(=O)OC[C@H](COP(=O)(O)O)OC(=O)CCC/C=C\C/C=C\C/C=C\C/C=C\[C@H](O)CCCC. The summed E-state index contributed by atoms with van der Waals surface area (Å²) in [6.45, 7) is 3.46. The maximum atomic E-state index is 12.3. The summed E-state index contributed by atoms with van der Waals surface area (Å²) in [5.41, 5.74) is 0. The number of hydrogen-bond acceptors (Lipinski definition) is 7. The van der Waals surface area contributed by atoms with Crippen molar-refractivity contribution in [3.8, 4) is 0 Å². The predicted octanol–water partition coefficient (Wildman–Crippen LogP) is 9.76. The fraction of sp³-hybridized carbons (Fsp3) is 0.737. The third-order valence-corrected chi connectivity index (χ3v) is 8.16. The first kappa shape index (κ1) is 46.0. The summed E-state index contributed by atoms with van der Waals surface area (Å²) in [6, 6.07) is 0. The van der Waals surface area contributed by atoms with Crippen molar-refractivity contribution < 1.29 is 43.0 Å². The highest BCUT2D eigenvalue weighted by atomic mass is 31.2. The first-order chi connectivity index (χ1) is 23.2. The van der Waals surface area contributed by atoms with Gasteiger partial charge in [0.15, 0.2) is 6.10 Å². The number of aliphatic hydroxyl groups is 1. The zero-order valence-corrected chi connectivity index (χ0v) is 30.9. The molecular weight excluding hydrogens is 631 g/mol. The smallest absolute Gasteiger partial charge is 0.462 e. The minimum absolute atomic E-state index is 0.119. The van der Waals surface area contributed by atoms with Crippen LogP contribution in [0.1, 0.15) is 155 Å². The predicted molar refractivity (Wildman–Crippen MR) is 194 cm³/mol. The largest absolute Gasteiger partial charge is 0.469 e. The van der Waals surface area contributed by atoms with E-state index in [1.165, 1.54) is 51.4 Å². The topological polar surface area (TPSA) is 140 Å². The lowest BCUT2D eigenvalue weighted by molar-refractivity contribution is -0.161. The molecule has 0 fully saturated rings. The van der Waals surface area contributed by atoms with Gasteiger partial charge >= 0.3 is 19.8 Å². The molecule has 278 valence electrons. The molecule has 0 bridgehead atoms. The Morgan fingerprint density at radius 3 is 1.69 bits per heavy atom. The van der Waals surface area contributed by atoms with E-state index in [1.54, 1.807) is 0 Å². The van der Waals surface area contributed by atoms with Crippen molar-refractivity contribution in [2.75, 3.05) is 13.2 Å². The average molecular weight is 699 g/mol. The van der Waals surface area contributed by atoms with Gasteiger partial charge in [-0.3, -0.25) is 14.1 Å². The summed E-state index contributed by atoms with van der Waals surface area (Å²) in [4.78, 5) is 42.6. The molecule has 2 atom stereocenters. The summed E-state index contributed by atoms with van der Waals surface area (Å²) in [7, 11) is -4.77. The Labute approximate surface area is 291 Å². The maximum Gasteiger partial charge on any atom is 0.469 e. The third-order valence-electron chi connectivity index (χ3n) is 7.67. The van der Waals surface area contributed by atoms with Gasteiger partial charge in [0.05, 0.1) is 12.7 Å². The van der Waals surface area contributed by atoms with Crippen molar-refractivity contribution >= 4 is 19.8 Å². The van der Waals surface area contributed by atoms with Crippen molar-refractivity contribution in [1.29, 1.82) is 0 Å². The molecule has 0 aromatic carbocycles. The van der Waals surface area contributed by atoms with E-state index >= 15 is 0 Å². The van der Waals surface area contributed by atoms with Gasteiger partial charge in [0, 0.05) is 12.8 Å². The highest BCUT2D eigenvalue weighted by Gasteiger charge is 2.22. The van der Waals surface area contributed by atoms with E-state index < -0.39 is 32.5 Å². The van der Waals surface area contributed by atoms with Gasteiger partial charge in [-0.05, 0) is 44.9 Å². The summed E-state index contributed by atoms with van der Waals surface area (Å²) >= 11 is 0. The zero-order valence-electron chi connectivity index (χ0n) is 30.0. The van der Waals surface area contributed by atoms with Crippen LogP contribution < -0.4 is 0 Å². The van der Waals surface area contributed by atoms with E-state index in [2.05, 4.69) is 42.7 Å². The van der Waals surface area contributed by atoms with Gasteiger partial charge in [0.1, 0.15) is 6.61 Å². The molecule has 0 aliphatic heterocycles. The Hall–Kier alpha value is -2.03. The van der Waals surface area contributed by atoms with Gasteiger partial charge in [-0.25, -0.2) is 4.57 Å². The quantitative estimate of drug-likeness (QED) is 0.0264. The summed E-state index contributed by atoms with van der Waals surface area (Å²) < 4.78 is 26.2. The molecule has 3 N–H and O–H groups in total. The molecule has 0 spiro atoms. The molecule has 0 amide bonds. The van der Waals surface area contributed by atoms with E-state index in [4.69, 9.17) is 19.3 Å². The van der Waals surface area contributed by atoms with Crippen LogP contribution in [-0.2, 0) is 28.2 Å². The minimum Gasteiger partial charge on any atom is -0.462 e. The number of carbonyl (C=O) groups excluding carboxylic acids is 2. The standard InChI is InChI=1S/C38H67O9P/c1-3-5-7-8-9-10-11-15-18-21-24-27-31-37(40)45-33-36(34-46-48(42,43)44)47-38(41)32-28-25-22-19-16-13-12-14-17-20-23-26-30-35(39)29-6-4-2/h12-13,17,19-20,22,26,30,35-36,39H,3-11,14-16,18,21,23-25,27-29,31-34H2,1-2H3,(H2,42,43,44)/b13-12-,20-17-,22-19-,30-26-/t35-,36-/m1/s1. The lowest BCUT2D eigenvalue weighted by atomic mass is 10.0. The molecular formula is C38H67O9P. The van der Waals surface area contributed by atoms with E-state index in [0.717, 1.165) is 57.8 Å². The Balaban J connectivity index is 4.12. The normalized spacial score (nSPS) is 13.7. The van der Waals surface area contributed by atoms with Crippen LogP contribution in [0.4, 0.5) is 0 Å². The molecule has 9 nitrogen and oxygen atoms in total. The number of esters is 2. The Bertz CT molecular complexity index is 938. The molecule has 0 saturated carbocycles. The third kappa shape index (κ3) is 35.3. The maximum absolute atomic E-state index is 12.3. The molecule has 0 heterocycles. The van der Waals surface area contributed by atoms with E-state index in [9.17, 15) is 19.3 Å². The highest BCUT2D eigenvalue weighted by Crippen LogP contribution is 2.36. The van der Waals surface area contributed by atoms with Gasteiger partial charge in [-0.2, -0.15) is 0 Å². The van der Waals surface area contributed by atoms with E-state index in [1.807, 2.05) is 24.3 Å². The number of phosphoric acid groups is 1. The molecule has 0 saturated heterocycles. The first-order valence-electron chi connectivity index (χ1n) is 18.5. The summed E-state index contributed by atoms with van der Waals surface area (Å²) in [5, 5.41) is 9.77. The van der Waals surface area contributed by atoms with Gasteiger partial charge in [-0.1, -0.05) is 146 Å². The minimum atomic E-state index is -4.77. The molecule has 0 aromatic rings.